The molecule has 1 spiro atoms. The second kappa shape index (κ2) is 5.98. The van der Waals surface area contributed by atoms with Crippen LogP contribution in [-0.4, -0.2) is 33.4 Å². The molecular weight excluding hydrogens is 286 g/mol. The first kappa shape index (κ1) is 14.9. The molecule has 1 aromatic carbocycles. The van der Waals surface area contributed by atoms with Gasteiger partial charge in [0, 0.05) is 17.3 Å². The average Bonchev–Trinajstić information content (AvgIpc) is 2.79. The van der Waals surface area contributed by atoms with E-state index in [9.17, 15) is 9.90 Å². The number of amides is 1. The summed E-state index contributed by atoms with van der Waals surface area (Å²) in [6.45, 7) is -0.0372. The van der Waals surface area contributed by atoms with Crippen molar-refractivity contribution in [1.82, 2.24) is 4.90 Å². The fraction of sp³-hybridized carbons (Fsp3) is 0.588. The van der Waals surface area contributed by atoms with Gasteiger partial charge in [-0.2, -0.15) is 0 Å². The van der Waals surface area contributed by atoms with Crippen LogP contribution >= 0.6 is 11.6 Å². The van der Waals surface area contributed by atoms with Crippen molar-refractivity contribution in [3.63, 3.8) is 0 Å². The highest BCUT2D eigenvalue weighted by Gasteiger charge is 2.50. The average molecular weight is 308 g/mol. The summed E-state index contributed by atoms with van der Waals surface area (Å²) in [6, 6.07) is 9.59. The maximum Gasteiger partial charge on any atom is 0.223 e. The Balaban J connectivity index is 1.94. The number of aliphatic hydroxyl groups is 1. The van der Waals surface area contributed by atoms with Crippen molar-refractivity contribution in [3.05, 3.63) is 35.9 Å². The van der Waals surface area contributed by atoms with Gasteiger partial charge in [0.05, 0.1) is 12.6 Å². The van der Waals surface area contributed by atoms with Crippen LogP contribution in [0, 0.1) is 0 Å². The quantitative estimate of drug-likeness (QED) is 0.871. The van der Waals surface area contributed by atoms with Crippen LogP contribution in [0.2, 0.25) is 0 Å². The van der Waals surface area contributed by atoms with E-state index >= 15 is 0 Å². The third kappa shape index (κ3) is 2.69. The summed E-state index contributed by atoms with van der Waals surface area (Å²) in [5.41, 5.74) is 0.858. The van der Waals surface area contributed by atoms with Gasteiger partial charge in [-0.1, -0.05) is 30.3 Å². The fourth-order valence-corrected chi connectivity index (χ4v) is 4.52. The molecule has 1 N–H and O–H groups in total. The lowest BCUT2D eigenvalue weighted by Gasteiger charge is -2.46. The van der Waals surface area contributed by atoms with Crippen molar-refractivity contribution in [2.24, 2.45) is 0 Å². The van der Waals surface area contributed by atoms with E-state index in [-0.39, 0.29) is 29.5 Å². The molecule has 3 atom stereocenters. The molecule has 1 aliphatic carbocycles. The Bertz CT molecular complexity index is 507. The Morgan fingerprint density at radius 3 is 2.76 bits per heavy atom. The standard InChI is InChI=1S/C17H22ClNO2/c18-14-7-4-9-17(11-14)10-8-16(21)19(17)15(12-20)13-5-2-1-3-6-13/h1-3,5-6,14-15,20H,4,7-12H2/t14-,15+,17-/m1/s1. The molecule has 2 fully saturated rings. The lowest BCUT2D eigenvalue weighted by Crippen LogP contribution is -2.51. The van der Waals surface area contributed by atoms with Crippen LogP contribution < -0.4 is 0 Å². The molecule has 21 heavy (non-hydrogen) atoms. The maximum absolute atomic E-state index is 12.5. The molecule has 1 saturated heterocycles. The lowest BCUT2D eigenvalue weighted by atomic mass is 9.78. The second-order valence-corrected chi connectivity index (χ2v) is 6.91. The van der Waals surface area contributed by atoms with E-state index in [1.165, 1.54) is 0 Å². The molecule has 114 valence electrons. The summed E-state index contributed by atoms with van der Waals surface area (Å²) in [5, 5.41) is 10.1. The molecule has 1 heterocycles. The lowest BCUT2D eigenvalue weighted by molar-refractivity contribution is -0.136. The van der Waals surface area contributed by atoms with Crippen LogP contribution in [0.25, 0.3) is 0 Å². The molecule has 1 aromatic rings. The van der Waals surface area contributed by atoms with Crippen LogP contribution in [0.5, 0.6) is 0 Å². The second-order valence-electron chi connectivity index (χ2n) is 6.29. The largest absolute Gasteiger partial charge is 0.394 e. The molecule has 0 unspecified atom stereocenters. The van der Waals surface area contributed by atoms with Gasteiger partial charge in [-0.05, 0) is 37.7 Å². The summed E-state index contributed by atoms with van der Waals surface area (Å²) in [4.78, 5) is 14.5. The van der Waals surface area contributed by atoms with E-state index in [1.54, 1.807) is 0 Å². The van der Waals surface area contributed by atoms with Crippen molar-refractivity contribution in [1.29, 1.82) is 0 Å². The molecule has 3 rings (SSSR count). The van der Waals surface area contributed by atoms with E-state index in [0.717, 1.165) is 37.7 Å². The van der Waals surface area contributed by atoms with Crippen LogP contribution in [0.3, 0.4) is 0 Å². The molecule has 0 aromatic heterocycles. The van der Waals surface area contributed by atoms with Crippen LogP contribution in [0.4, 0.5) is 0 Å². The zero-order chi connectivity index (χ0) is 14.9. The number of rotatable bonds is 3. The van der Waals surface area contributed by atoms with E-state index < -0.39 is 0 Å². The SMILES string of the molecule is O=C1CC[C@@]2(CCC[C@@H](Cl)C2)N1[C@@H](CO)c1ccccc1. The number of nitrogens with zero attached hydrogens (tertiary/aromatic N) is 1. The molecule has 4 heteroatoms. The smallest absolute Gasteiger partial charge is 0.223 e. The molecule has 3 nitrogen and oxygen atoms in total. The van der Waals surface area contributed by atoms with Crippen molar-refractivity contribution < 1.29 is 9.90 Å². The first-order chi connectivity index (χ1) is 10.2. The van der Waals surface area contributed by atoms with E-state index in [0.29, 0.717) is 6.42 Å². The Hall–Kier alpha value is -1.06. The van der Waals surface area contributed by atoms with Crippen LogP contribution in [0.1, 0.15) is 50.1 Å². The van der Waals surface area contributed by atoms with E-state index in [2.05, 4.69) is 0 Å². The molecule has 0 bridgehead atoms. The predicted molar refractivity (Wildman–Crippen MR) is 83.2 cm³/mol. The van der Waals surface area contributed by atoms with Gasteiger partial charge in [0.2, 0.25) is 5.91 Å². The van der Waals surface area contributed by atoms with Gasteiger partial charge in [0.1, 0.15) is 0 Å². The highest BCUT2D eigenvalue weighted by molar-refractivity contribution is 6.20. The van der Waals surface area contributed by atoms with Gasteiger partial charge in [0.25, 0.3) is 0 Å². The minimum atomic E-state index is -0.247. The molecule has 1 aliphatic heterocycles. The van der Waals surface area contributed by atoms with Gasteiger partial charge < -0.3 is 10.0 Å². The van der Waals surface area contributed by atoms with Gasteiger partial charge >= 0.3 is 0 Å². The predicted octanol–water partition coefficient (Wildman–Crippen LogP) is 3.26. The number of hydrogen-bond acceptors (Lipinski definition) is 2. The number of hydrogen-bond donors (Lipinski definition) is 1. The molecule has 0 radical (unpaired) electrons. The first-order valence-corrected chi connectivity index (χ1v) is 8.22. The number of halogens is 1. The maximum atomic E-state index is 12.5. The van der Waals surface area contributed by atoms with E-state index in [1.807, 2.05) is 35.2 Å². The number of likely N-dealkylation sites (tertiary alicyclic amines) is 1. The summed E-state index contributed by atoms with van der Waals surface area (Å²) in [7, 11) is 0. The number of benzene rings is 1. The van der Waals surface area contributed by atoms with Gasteiger partial charge in [-0.15, -0.1) is 11.6 Å². The number of carbonyl (C=O) groups excluding carboxylic acids is 1. The highest BCUT2D eigenvalue weighted by atomic mass is 35.5. The number of aliphatic hydroxyl groups excluding tert-OH is 1. The Morgan fingerprint density at radius 2 is 2.10 bits per heavy atom. The molecular formula is C17H22ClNO2. The summed E-state index contributed by atoms with van der Waals surface area (Å²) >= 11 is 6.39. The minimum absolute atomic E-state index is 0.0372. The Kier molecular flexibility index (Phi) is 4.23. The molecule has 1 amide bonds. The monoisotopic (exact) mass is 307 g/mol. The van der Waals surface area contributed by atoms with Crippen molar-refractivity contribution in [3.8, 4) is 0 Å². The third-order valence-corrected chi connectivity index (χ3v) is 5.39. The Morgan fingerprint density at radius 1 is 1.33 bits per heavy atom. The number of alkyl halides is 1. The van der Waals surface area contributed by atoms with Crippen molar-refractivity contribution in [2.75, 3.05) is 6.61 Å². The topological polar surface area (TPSA) is 40.5 Å². The third-order valence-electron chi connectivity index (χ3n) is 5.01. The zero-order valence-corrected chi connectivity index (χ0v) is 12.9. The molecule has 2 aliphatic rings. The van der Waals surface area contributed by atoms with Gasteiger partial charge in [-0.3, -0.25) is 4.79 Å². The summed E-state index contributed by atoms with van der Waals surface area (Å²) in [5.74, 6) is 0.156. The minimum Gasteiger partial charge on any atom is -0.394 e. The van der Waals surface area contributed by atoms with Crippen molar-refractivity contribution >= 4 is 17.5 Å². The molecule has 1 saturated carbocycles. The first-order valence-electron chi connectivity index (χ1n) is 7.78. The summed E-state index contributed by atoms with van der Waals surface area (Å²) < 4.78 is 0. The van der Waals surface area contributed by atoms with Crippen LogP contribution in [0.15, 0.2) is 30.3 Å². The zero-order valence-electron chi connectivity index (χ0n) is 12.2. The van der Waals surface area contributed by atoms with Gasteiger partial charge in [0.15, 0.2) is 0 Å². The Labute approximate surface area is 130 Å². The normalized spacial score (nSPS) is 30.9. The van der Waals surface area contributed by atoms with Crippen LogP contribution in [-0.2, 0) is 4.79 Å². The fourth-order valence-electron chi connectivity index (χ4n) is 4.08. The summed E-state index contributed by atoms with van der Waals surface area (Å²) in [6.07, 6.45) is 5.39. The van der Waals surface area contributed by atoms with Gasteiger partial charge in [-0.25, -0.2) is 0 Å². The number of carbonyl (C=O) groups is 1. The highest BCUT2D eigenvalue weighted by Crippen LogP contribution is 2.47. The van der Waals surface area contributed by atoms with Crippen molar-refractivity contribution in [2.45, 2.75) is 55.5 Å². The van der Waals surface area contributed by atoms with E-state index in [4.69, 9.17) is 11.6 Å².